The smallest absolute Gasteiger partial charge is 0.404 e. The molecule has 1 fully saturated rings. The molecule has 1 aromatic carbocycles. The van der Waals surface area contributed by atoms with E-state index in [0.29, 0.717) is 18.9 Å². The molecule has 1 unspecified atom stereocenters. The van der Waals surface area contributed by atoms with Crippen molar-refractivity contribution in [2.24, 2.45) is 17.3 Å². The van der Waals surface area contributed by atoms with E-state index >= 15 is 0 Å². The summed E-state index contributed by atoms with van der Waals surface area (Å²) >= 11 is 0. The Morgan fingerprint density at radius 1 is 1.27 bits per heavy atom. The molecule has 1 aliphatic heterocycles. The van der Waals surface area contributed by atoms with Crippen molar-refractivity contribution in [2.75, 3.05) is 23.7 Å². The zero-order valence-electron chi connectivity index (χ0n) is 19.1. The van der Waals surface area contributed by atoms with Gasteiger partial charge in [0.25, 0.3) is 0 Å². The van der Waals surface area contributed by atoms with Crippen molar-refractivity contribution in [3.05, 3.63) is 35.4 Å². The van der Waals surface area contributed by atoms with Gasteiger partial charge in [-0.3, -0.25) is 0 Å². The second-order valence-electron chi connectivity index (χ2n) is 9.70. The van der Waals surface area contributed by atoms with E-state index in [-0.39, 0.29) is 40.5 Å². The number of anilines is 2. The Bertz CT molecular complexity index is 1070. The summed E-state index contributed by atoms with van der Waals surface area (Å²) in [4.78, 5) is 21.9. The summed E-state index contributed by atoms with van der Waals surface area (Å²) in [6.45, 7) is 9.24. The molecule has 4 N–H and O–H groups in total. The first kappa shape index (κ1) is 24.2. The average molecular weight is 459 g/mol. The van der Waals surface area contributed by atoms with Gasteiger partial charge < -0.3 is 21.1 Å². The van der Waals surface area contributed by atoms with E-state index < -0.39 is 23.3 Å². The first-order chi connectivity index (χ1) is 15.4. The minimum atomic E-state index is -1.07. The number of carboxylic acid groups (broad SMARTS) is 1. The van der Waals surface area contributed by atoms with E-state index in [1.807, 2.05) is 25.7 Å². The van der Waals surface area contributed by atoms with E-state index in [2.05, 4.69) is 22.2 Å². The predicted octanol–water partition coefficient (Wildman–Crippen LogP) is 4.02. The number of nitrogen functional groups attached to an aromatic ring is 1. The van der Waals surface area contributed by atoms with Gasteiger partial charge in [0, 0.05) is 30.8 Å². The van der Waals surface area contributed by atoms with Crippen LogP contribution in [-0.4, -0.2) is 40.3 Å². The number of piperidine rings is 1. The van der Waals surface area contributed by atoms with Crippen LogP contribution in [0.2, 0.25) is 0 Å². The molecule has 33 heavy (non-hydrogen) atoms. The van der Waals surface area contributed by atoms with Crippen molar-refractivity contribution in [2.45, 2.75) is 40.2 Å². The van der Waals surface area contributed by atoms with Crippen molar-refractivity contribution < 1.29 is 18.7 Å². The lowest BCUT2D eigenvalue weighted by atomic mass is 9.74. The molecule has 1 amide bonds. The fourth-order valence-electron chi connectivity index (χ4n) is 4.59. The highest BCUT2D eigenvalue weighted by molar-refractivity contribution is 5.66. The van der Waals surface area contributed by atoms with Crippen LogP contribution in [0.15, 0.2) is 18.2 Å². The predicted molar refractivity (Wildman–Crippen MR) is 120 cm³/mol. The molecular formula is C23H28F2N6O2. The molecule has 3 rings (SSSR count). The number of halogens is 2. The van der Waals surface area contributed by atoms with Gasteiger partial charge in [0.1, 0.15) is 29.1 Å². The summed E-state index contributed by atoms with van der Waals surface area (Å²) in [6, 6.07) is 4.89. The lowest BCUT2D eigenvalue weighted by Crippen LogP contribution is -2.54. The standard InChI is InChI=1S/C23H28F2N6O2/c1-12-5-14(20(23(2,3)4)30-22(32)33)11-31(10-12)19-8-18(28-21(27)29-19)13-6-16(24)15(9-26)17(25)7-13/h6-8,12,14,20,30H,5,10-11H2,1-4H3,(H,32,33)(H2,27,28,29)/t12-,14-,20?/m1/s1. The van der Waals surface area contributed by atoms with Crippen LogP contribution in [0.5, 0.6) is 0 Å². The lowest BCUT2D eigenvalue weighted by molar-refractivity contribution is 0.137. The minimum absolute atomic E-state index is 0.00860. The first-order valence-corrected chi connectivity index (χ1v) is 10.7. The first-order valence-electron chi connectivity index (χ1n) is 10.7. The SMILES string of the molecule is C[C@@H]1C[C@@H](C(NC(=O)O)C(C)(C)C)CN(c2cc(-c3cc(F)c(C#N)c(F)c3)nc(N)n2)C1. The summed E-state index contributed by atoms with van der Waals surface area (Å²) in [5.41, 5.74) is 5.32. The maximum atomic E-state index is 14.2. The van der Waals surface area contributed by atoms with Crippen molar-refractivity contribution in [3.63, 3.8) is 0 Å². The number of hydrogen-bond acceptors (Lipinski definition) is 6. The third-order valence-corrected chi connectivity index (χ3v) is 5.88. The Morgan fingerprint density at radius 3 is 2.45 bits per heavy atom. The second-order valence-corrected chi connectivity index (χ2v) is 9.70. The van der Waals surface area contributed by atoms with Crippen molar-refractivity contribution in [1.82, 2.24) is 15.3 Å². The Morgan fingerprint density at radius 2 is 1.91 bits per heavy atom. The van der Waals surface area contributed by atoms with E-state index in [0.717, 1.165) is 18.6 Å². The molecule has 0 radical (unpaired) electrons. The maximum Gasteiger partial charge on any atom is 0.404 e. The topological polar surface area (TPSA) is 128 Å². The molecule has 2 heterocycles. The van der Waals surface area contributed by atoms with E-state index in [1.54, 1.807) is 6.07 Å². The van der Waals surface area contributed by atoms with Crippen LogP contribution in [-0.2, 0) is 0 Å². The van der Waals surface area contributed by atoms with Gasteiger partial charge in [-0.25, -0.2) is 18.6 Å². The van der Waals surface area contributed by atoms with Crippen molar-refractivity contribution >= 4 is 17.9 Å². The van der Waals surface area contributed by atoms with Crippen molar-refractivity contribution in [1.29, 1.82) is 5.26 Å². The molecular weight excluding hydrogens is 430 g/mol. The van der Waals surface area contributed by atoms with Crippen LogP contribution in [0.3, 0.4) is 0 Å². The van der Waals surface area contributed by atoms with E-state index in [1.165, 1.54) is 6.07 Å². The number of aromatic nitrogens is 2. The molecule has 0 spiro atoms. The molecule has 1 aromatic heterocycles. The quantitative estimate of drug-likeness (QED) is 0.631. The fourth-order valence-corrected chi connectivity index (χ4v) is 4.59. The highest BCUT2D eigenvalue weighted by Crippen LogP contribution is 2.35. The number of amides is 1. The zero-order chi connectivity index (χ0) is 24.5. The number of nitrogens with one attached hydrogen (secondary N) is 1. The van der Waals surface area contributed by atoms with Gasteiger partial charge in [0.15, 0.2) is 0 Å². The molecule has 1 aliphatic rings. The normalized spacial score (nSPS) is 19.6. The highest BCUT2D eigenvalue weighted by Gasteiger charge is 2.38. The van der Waals surface area contributed by atoms with Gasteiger partial charge in [0.05, 0.1) is 5.69 Å². The number of benzene rings is 1. The lowest BCUT2D eigenvalue weighted by Gasteiger charge is -2.44. The molecule has 2 aromatic rings. The molecule has 0 aliphatic carbocycles. The third kappa shape index (κ3) is 5.48. The largest absolute Gasteiger partial charge is 0.465 e. The molecule has 8 nitrogen and oxygen atoms in total. The van der Waals surface area contributed by atoms with Gasteiger partial charge in [-0.05, 0) is 35.8 Å². The molecule has 176 valence electrons. The van der Waals surface area contributed by atoms with Crippen LogP contribution in [0.25, 0.3) is 11.3 Å². The Labute approximate surface area is 191 Å². The number of rotatable bonds is 4. The zero-order valence-corrected chi connectivity index (χ0v) is 19.1. The summed E-state index contributed by atoms with van der Waals surface area (Å²) in [5.74, 6) is -1.28. The summed E-state index contributed by atoms with van der Waals surface area (Å²) in [5, 5.41) is 20.9. The van der Waals surface area contributed by atoms with Gasteiger partial charge in [0.2, 0.25) is 5.95 Å². The van der Waals surface area contributed by atoms with Crippen LogP contribution in [0, 0.1) is 40.2 Å². The van der Waals surface area contributed by atoms with Gasteiger partial charge in [-0.1, -0.05) is 27.7 Å². The van der Waals surface area contributed by atoms with Crippen molar-refractivity contribution in [3.8, 4) is 17.3 Å². The molecule has 0 saturated carbocycles. The minimum Gasteiger partial charge on any atom is -0.465 e. The number of carbonyl (C=O) groups is 1. The van der Waals surface area contributed by atoms with Gasteiger partial charge in [-0.2, -0.15) is 10.2 Å². The van der Waals surface area contributed by atoms with Crippen LogP contribution >= 0.6 is 0 Å². The van der Waals surface area contributed by atoms with E-state index in [4.69, 9.17) is 11.0 Å². The number of hydrogen-bond donors (Lipinski definition) is 3. The van der Waals surface area contributed by atoms with Crippen LogP contribution in [0.1, 0.15) is 39.7 Å². The Kier molecular flexibility index (Phi) is 6.72. The molecule has 0 bridgehead atoms. The monoisotopic (exact) mass is 458 g/mol. The average Bonchev–Trinajstić information content (AvgIpc) is 2.70. The molecule has 3 atom stereocenters. The van der Waals surface area contributed by atoms with E-state index in [9.17, 15) is 18.7 Å². The summed E-state index contributed by atoms with van der Waals surface area (Å²) in [6.07, 6.45) is -0.240. The van der Waals surface area contributed by atoms with Gasteiger partial charge >= 0.3 is 6.09 Å². The Balaban J connectivity index is 1.97. The molecule has 1 saturated heterocycles. The number of nitrogens with two attached hydrogens (primary N) is 1. The molecule has 10 heteroatoms. The number of nitrogens with zero attached hydrogens (tertiary/aromatic N) is 4. The Hall–Kier alpha value is -3.48. The maximum absolute atomic E-state index is 14.2. The van der Waals surface area contributed by atoms with Crippen LogP contribution in [0.4, 0.5) is 25.3 Å². The van der Waals surface area contributed by atoms with Crippen LogP contribution < -0.4 is 16.0 Å². The number of nitriles is 1. The third-order valence-electron chi connectivity index (χ3n) is 5.88. The van der Waals surface area contributed by atoms with Gasteiger partial charge in [-0.15, -0.1) is 0 Å². The summed E-state index contributed by atoms with van der Waals surface area (Å²) < 4.78 is 28.3. The fraction of sp³-hybridized carbons (Fsp3) is 0.478. The highest BCUT2D eigenvalue weighted by atomic mass is 19.1. The second kappa shape index (κ2) is 9.17. The summed E-state index contributed by atoms with van der Waals surface area (Å²) in [7, 11) is 0.